The summed E-state index contributed by atoms with van der Waals surface area (Å²) in [6, 6.07) is 8.76. The van der Waals surface area contributed by atoms with Gasteiger partial charge in [0, 0.05) is 22.7 Å². The third-order valence-electron chi connectivity index (χ3n) is 3.54. The Morgan fingerprint density at radius 2 is 2.12 bits per heavy atom. The Bertz CT molecular complexity index is 443. The molecule has 0 spiro atoms. The fourth-order valence-electron chi connectivity index (χ4n) is 2.46. The molecule has 1 atom stereocenters. The molecule has 1 amide bonds. The third-order valence-corrected chi connectivity index (χ3v) is 4.72. The van der Waals surface area contributed by atoms with Gasteiger partial charge in [-0.1, -0.05) is 18.2 Å². The van der Waals surface area contributed by atoms with E-state index in [1.54, 1.807) is 11.8 Å². The van der Waals surface area contributed by atoms with Gasteiger partial charge in [-0.05, 0) is 24.5 Å². The molecule has 4 heteroatoms. The molecule has 17 heavy (non-hydrogen) atoms. The van der Waals surface area contributed by atoms with E-state index in [0.717, 1.165) is 18.6 Å². The molecular weight excluding hydrogens is 232 g/mol. The van der Waals surface area contributed by atoms with E-state index in [9.17, 15) is 4.79 Å². The van der Waals surface area contributed by atoms with E-state index in [1.807, 2.05) is 12.1 Å². The van der Waals surface area contributed by atoms with Gasteiger partial charge in [-0.15, -0.1) is 11.8 Å². The van der Waals surface area contributed by atoms with Gasteiger partial charge in [0.2, 0.25) is 5.91 Å². The van der Waals surface area contributed by atoms with Crippen molar-refractivity contribution in [3.63, 3.8) is 0 Å². The number of hydrogen-bond donors (Lipinski definition) is 2. The van der Waals surface area contributed by atoms with E-state index >= 15 is 0 Å². The molecule has 1 aliphatic carbocycles. The largest absolute Gasteiger partial charge is 0.353 e. The minimum absolute atomic E-state index is 0.0213. The average Bonchev–Trinajstić information content (AvgIpc) is 2.70. The maximum Gasteiger partial charge on any atom is 0.228 e. The summed E-state index contributed by atoms with van der Waals surface area (Å²) in [4.78, 5) is 13.4. The lowest BCUT2D eigenvalue weighted by atomic mass is 9.87. The Labute approximate surface area is 105 Å². The van der Waals surface area contributed by atoms with Crippen LogP contribution in [0.1, 0.15) is 24.3 Å². The van der Waals surface area contributed by atoms with Crippen LogP contribution in [0.5, 0.6) is 0 Å². The lowest BCUT2D eigenvalue weighted by Crippen LogP contribution is -2.51. The highest BCUT2D eigenvalue weighted by molar-refractivity contribution is 7.99. The molecular formula is C13H16N2OS. The number of hydrogen-bond acceptors (Lipinski definition) is 3. The fraction of sp³-hybridized carbons (Fsp3) is 0.462. The smallest absolute Gasteiger partial charge is 0.228 e. The van der Waals surface area contributed by atoms with Crippen LogP contribution in [0.25, 0.3) is 0 Å². The second kappa shape index (κ2) is 4.35. The molecule has 0 bridgehead atoms. The van der Waals surface area contributed by atoms with Crippen molar-refractivity contribution in [2.45, 2.75) is 35.7 Å². The second-order valence-corrected chi connectivity index (χ2v) is 5.90. The first kappa shape index (κ1) is 11.1. The highest BCUT2D eigenvalue weighted by atomic mass is 32.2. The summed E-state index contributed by atoms with van der Waals surface area (Å²) >= 11 is 1.77. The van der Waals surface area contributed by atoms with Crippen molar-refractivity contribution < 1.29 is 4.79 Å². The van der Waals surface area contributed by atoms with E-state index in [2.05, 4.69) is 17.4 Å². The zero-order valence-corrected chi connectivity index (χ0v) is 10.4. The second-order valence-electron chi connectivity index (χ2n) is 4.84. The number of nitrogens with one attached hydrogen (secondary N) is 1. The molecule has 3 N–H and O–H groups in total. The Morgan fingerprint density at radius 1 is 1.35 bits per heavy atom. The third kappa shape index (κ3) is 2.07. The van der Waals surface area contributed by atoms with Crippen LogP contribution in [-0.4, -0.2) is 23.7 Å². The standard InChI is InChI=1S/C13H16N2OS/c14-8-5-9(6-8)15-13(16)11-7-17-12-4-2-1-3-10(11)12/h1-4,8-9,11H,5-7,14H2,(H,15,16). The van der Waals surface area contributed by atoms with Crippen LogP contribution in [0, 0.1) is 0 Å². The van der Waals surface area contributed by atoms with Gasteiger partial charge >= 0.3 is 0 Å². The molecule has 1 fully saturated rings. The van der Waals surface area contributed by atoms with Crippen LogP contribution < -0.4 is 11.1 Å². The van der Waals surface area contributed by atoms with Gasteiger partial charge in [-0.25, -0.2) is 0 Å². The van der Waals surface area contributed by atoms with Gasteiger partial charge in [-0.3, -0.25) is 4.79 Å². The monoisotopic (exact) mass is 248 g/mol. The van der Waals surface area contributed by atoms with Crippen LogP contribution in [0.15, 0.2) is 29.2 Å². The molecule has 1 aromatic carbocycles. The molecule has 2 aliphatic rings. The van der Waals surface area contributed by atoms with Crippen molar-refractivity contribution in [1.82, 2.24) is 5.32 Å². The number of fused-ring (bicyclic) bond motifs is 1. The van der Waals surface area contributed by atoms with E-state index in [1.165, 1.54) is 10.5 Å². The minimum atomic E-state index is 0.0213. The van der Waals surface area contributed by atoms with Crippen molar-refractivity contribution >= 4 is 17.7 Å². The van der Waals surface area contributed by atoms with E-state index in [4.69, 9.17) is 5.73 Å². The Kier molecular flexibility index (Phi) is 2.84. The summed E-state index contributed by atoms with van der Waals surface area (Å²) in [6.07, 6.45) is 1.85. The van der Waals surface area contributed by atoms with Gasteiger partial charge in [0.1, 0.15) is 0 Å². The molecule has 0 radical (unpaired) electrons. The highest BCUT2D eigenvalue weighted by Gasteiger charge is 2.33. The molecule has 3 nitrogen and oxygen atoms in total. The Morgan fingerprint density at radius 3 is 2.88 bits per heavy atom. The van der Waals surface area contributed by atoms with E-state index in [-0.39, 0.29) is 17.9 Å². The summed E-state index contributed by atoms with van der Waals surface area (Å²) in [7, 11) is 0. The van der Waals surface area contributed by atoms with Gasteiger partial charge in [-0.2, -0.15) is 0 Å². The van der Waals surface area contributed by atoms with E-state index in [0.29, 0.717) is 6.04 Å². The molecule has 0 aromatic heterocycles. The molecule has 1 unspecified atom stereocenters. The zero-order valence-electron chi connectivity index (χ0n) is 9.56. The highest BCUT2D eigenvalue weighted by Crippen LogP contribution is 2.39. The van der Waals surface area contributed by atoms with Gasteiger partial charge in [0.25, 0.3) is 0 Å². The van der Waals surface area contributed by atoms with Crippen LogP contribution in [-0.2, 0) is 4.79 Å². The molecule has 0 saturated heterocycles. The Balaban J connectivity index is 1.67. The first-order valence-corrected chi connectivity index (χ1v) is 7.00. The number of thioether (sulfide) groups is 1. The Hall–Kier alpha value is -1.00. The molecule has 1 saturated carbocycles. The van der Waals surface area contributed by atoms with Crippen LogP contribution in [0.4, 0.5) is 0 Å². The topological polar surface area (TPSA) is 55.1 Å². The predicted molar refractivity (Wildman–Crippen MR) is 69.0 cm³/mol. The van der Waals surface area contributed by atoms with Gasteiger partial charge in [0.05, 0.1) is 5.92 Å². The summed E-state index contributed by atoms with van der Waals surface area (Å²) in [5.41, 5.74) is 6.90. The molecule has 90 valence electrons. The summed E-state index contributed by atoms with van der Waals surface area (Å²) in [5.74, 6) is 1.05. The lowest BCUT2D eigenvalue weighted by molar-refractivity contribution is -0.123. The van der Waals surface area contributed by atoms with Crippen molar-refractivity contribution in [1.29, 1.82) is 0 Å². The van der Waals surface area contributed by atoms with Crippen LogP contribution in [0.3, 0.4) is 0 Å². The number of carbonyl (C=O) groups is 1. The SMILES string of the molecule is NC1CC(NC(=O)C2CSc3ccccc32)C1. The van der Waals surface area contributed by atoms with Gasteiger partial charge in [0.15, 0.2) is 0 Å². The number of rotatable bonds is 2. The van der Waals surface area contributed by atoms with Crippen molar-refractivity contribution in [2.24, 2.45) is 5.73 Å². The summed E-state index contributed by atoms with van der Waals surface area (Å²) in [5, 5.41) is 3.10. The maximum absolute atomic E-state index is 12.2. The number of nitrogens with two attached hydrogens (primary N) is 1. The number of carbonyl (C=O) groups excluding carboxylic acids is 1. The molecule has 1 heterocycles. The maximum atomic E-state index is 12.2. The quantitative estimate of drug-likeness (QED) is 0.833. The minimum Gasteiger partial charge on any atom is -0.353 e. The summed E-state index contributed by atoms with van der Waals surface area (Å²) in [6.45, 7) is 0. The number of benzene rings is 1. The van der Waals surface area contributed by atoms with Crippen LogP contribution >= 0.6 is 11.8 Å². The first-order valence-electron chi connectivity index (χ1n) is 6.01. The van der Waals surface area contributed by atoms with Crippen molar-refractivity contribution in [2.75, 3.05) is 5.75 Å². The predicted octanol–water partition coefficient (Wildman–Crippen LogP) is 1.48. The normalized spacial score (nSPS) is 30.5. The zero-order chi connectivity index (χ0) is 11.8. The fourth-order valence-corrected chi connectivity index (χ4v) is 3.69. The summed E-state index contributed by atoms with van der Waals surface area (Å²) < 4.78 is 0. The average molecular weight is 248 g/mol. The molecule has 3 rings (SSSR count). The molecule has 1 aliphatic heterocycles. The van der Waals surface area contributed by atoms with Gasteiger partial charge < -0.3 is 11.1 Å². The van der Waals surface area contributed by atoms with E-state index < -0.39 is 0 Å². The van der Waals surface area contributed by atoms with Crippen LogP contribution in [0.2, 0.25) is 0 Å². The molecule has 1 aromatic rings. The number of amides is 1. The lowest BCUT2D eigenvalue weighted by Gasteiger charge is -2.33. The first-order chi connectivity index (χ1) is 8.24. The van der Waals surface area contributed by atoms with Crippen molar-refractivity contribution in [3.8, 4) is 0 Å². The van der Waals surface area contributed by atoms with Crippen molar-refractivity contribution in [3.05, 3.63) is 29.8 Å².